The molecule has 0 saturated heterocycles. The van der Waals surface area contributed by atoms with Crippen LogP contribution in [0.3, 0.4) is 0 Å². The Bertz CT molecular complexity index is 345. The minimum absolute atomic E-state index is 0.360. The van der Waals surface area contributed by atoms with E-state index < -0.39 is 0 Å². The first kappa shape index (κ1) is 14.8. The third-order valence-electron chi connectivity index (χ3n) is 2.52. The molecule has 0 bridgehead atoms. The molecule has 0 heterocycles. The van der Waals surface area contributed by atoms with Crippen LogP contribution in [0.4, 0.5) is 4.39 Å². The molecule has 0 aromatic heterocycles. The number of nitrogens with one attached hydrogen (secondary N) is 1. The molecular weight excluding hydrogens is 233 g/mol. The normalized spacial score (nSPS) is 10.4. The fourth-order valence-electron chi connectivity index (χ4n) is 1.59. The third kappa shape index (κ3) is 4.92. The van der Waals surface area contributed by atoms with E-state index in [9.17, 15) is 4.39 Å². The number of rotatable bonds is 9. The second-order valence-electron chi connectivity index (χ2n) is 4.05. The average molecular weight is 255 g/mol. The molecule has 0 atom stereocenters. The molecule has 1 aromatic rings. The summed E-state index contributed by atoms with van der Waals surface area (Å²) in [5, 5.41) is 3.33. The van der Waals surface area contributed by atoms with Crippen LogP contribution in [0.2, 0.25) is 0 Å². The summed E-state index contributed by atoms with van der Waals surface area (Å²) in [5.41, 5.74) is 1.15. The molecule has 0 amide bonds. The molecular formula is C14H22FNO2. The Morgan fingerprint density at radius 1 is 1.28 bits per heavy atom. The third-order valence-corrected chi connectivity index (χ3v) is 2.52. The van der Waals surface area contributed by atoms with Gasteiger partial charge in [0, 0.05) is 13.0 Å². The van der Waals surface area contributed by atoms with Gasteiger partial charge in [0.1, 0.15) is 0 Å². The lowest BCUT2D eigenvalue weighted by molar-refractivity contribution is 0.273. The lowest BCUT2D eigenvalue weighted by Gasteiger charge is -2.12. The molecule has 1 N–H and O–H groups in total. The van der Waals surface area contributed by atoms with Gasteiger partial charge in [-0.1, -0.05) is 13.0 Å². The van der Waals surface area contributed by atoms with Crippen molar-refractivity contribution in [2.75, 3.05) is 26.9 Å². The van der Waals surface area contributed by atoms with Crippen LogP contribution in [-0.4, -0.2) is 26.9 Å². The van der Waals surface area contributed by atoms with Gasteiger partial charge in [0.05, 0.1) is 20.4 Å². The maximum absolute atomic E-state index is 12.0. The molecule has 0 aliphatic heterocycles. The molecule has 102 valence electrons. The topological polar surface area (TPSA) is 30.5 Å². The lowest BCUT2D eigenvalue weighted by Crippen LogP contribution is -2.13. The molecule has 0 aliphatic rings. The summed E-state index contributed by atoms with van der Waals surface area (Å²) >= 11 is 0. The molecule has 1 aromatic carbocycles. The Morgan fingerprint density at radius 3 is 2.78 bits per heavy atom. The van der Waals surface area contributed by atoms with Crippen LogP contribution >= 0.6 is 0 Å². The van der Waals surface area contributed by atoms with E-state index in [-0.39, 0.29) is 6.67 Å². The maximum atomic E-state index is 12.0. The highest BCUT2D eigenvalue weighted by Gasteiger charge is 2.05. The second kappa shape index (κ2) is 8.75. The van der Waals surface area contributed by atoms with Gasteiger partial charge in [-0.3, -0.25) is 4.39 Å². The monoisotopic (exact) mass is 255 g/mol. The molecule has 0 spiro atoms. The van der Waals surface area contributed by atoms with Gasteiger partial charge in [0.25, 0.3) is 0 Å². The summed E-state index contributed by atoms with van der Waals surface area (Å²) in [5.74, 6) is 1.37. The predicted octanol–water partition coefficient (Wildman–Crippen LogP) is 2.93. The van der Waals surface area contributed by atoms with Crippen LogP contribution in [0.5, 0.6) is 11.5 Å². The van der Waals surface area contributed by atoms with E-state index in [1.54, 1.807) is 7.11 Å². The summed E-state index contributed by atoms with van der Waals surface area (Å²) in [6.45, 7) is 3.96. The average Bonchev–Trinajstić information content (AvgIpc) is 2.40. The van der Waals surface area contributed by atoms with Gasteiger partial charge in [-0.25, -0.2) is 0 Å². The molecule has 4 heteroatoms. The predicted molar refractivity (Wildman–Crippen MR) is 71.1 cm³/mol. The van der Waals surface area contributed by atoms with Crippen molar-refractivity contribution < 1.29 is 13.9 Å². The van der Waals surface area contributed by atoms with Gasteiger partial charge in [-0.05, 0) is 30.7 Å². The first-order chi connectivity index (χ1) is 8.81. The van der Waals surface area contributed by atoms with E-state index >= 15 is 0 Å². The van der Waals surface area contributed by atoms with E-state index in [1.165, 1.54) is 0 Å². The van der Waals surface area contributed by atoms with Crippen LogP contribution < -0.4 is 14.8 Å². The Kier molecular flexibility index (Phi) is 7.18. The zero-order chi connectivity index (χ0) is 13.2. The first-order valence-corrected chi connectivity index (χ1v) is 6.38. The quantitative estimate of drug-likeness (QED) is 0.688. The van der Waals surface area contributed by atoms with Crippen LogP contribution in [-0.2, 0) is 6.54 Å². The molecule has 0 radical (unpaired) electrons. The molecule has 0 aliphatic carbocycles. The number of methoxy groups -OCH3 is 1. The number of hydrogen-bond acceptors (Lipinski definition) is 3. The molecule has 1 rings (SSSR count). The van der Waals surface area contributed by atoms with Crippen molar-refractivity contribution in [3.63, 3.8) is 0 Å². The maximum Gasteiger partial charge on any atom is 0.161 e. The van der Waals surface area contributed by atoms with Gasteiger partial charge in [-0.15, -0.1) is 0 Å². The number of benzene rings is 1. The van der Waals surface area contributed by atoms with Crippen LogP contribution in [0.1, 0.15) is 25.3 Å². The minimum atomic E-state index is -0.360. The van der Waals surface area contributed by atoms with Crippen molar-refractivity contribution in [2.24, 2.45) is 0 Å². The molecule has 3 nitrogen and oxygen atoms in total. The Morgan fingerprint density at radius 2 is 2.11 bits per heavy atom. The molecule has 0 saturated carbocycles. The number of alkyl halides is 1. The summed E-state index contributed by atoms with van der Waals surface area (Å²) in [7, 11) is 1.61. The van der Waals surface area contributed by atoms with E-state index in [0.29, 0.717) is 24.5 Å². The highest BCUT2D eigenvalue weighted by molar-refractivity contribution is 5.42. The number of hydrogen-bond donors (Lipinski definition) is 1. The Hall–Kier alpha value is -1.29. The van der Waals surface area contributed by atoms with E-state index in [2.05, 4.69) is 12.2 Å². The smallest absolute Gasteiger partial charge is 0.161 e. The summed E-state index contributed by atoms with van der Waals surface area (Å²) in [6.07, 6.45) is 1.52. The number of ether oxygens (including phenoxy) is 2. The van der Waals surface area contributed by atoms with Gasteiger partial charge < -0.3 is 14.8 Å². The van der Waals surface area contributed by atoms with Crippen molar-refractivity contribution in [2.45, 2.75) is 26.3 Å². The zero-order valence-corrected chi connectivity index (χ0v) is 11.2. The highest BCUT2D eigenvalue weighted by Crippen LogP contribution is 2.28. The van der Waals surface area contributed by atoms with E-state index in [0.717, 1.165) is 25.1 Å². The summed E-state index contributed by atoms with van der Waals surface area (Å²) in [4.78, 5) is 0. The SMILES string of the molecule is CCCNCc1ccc(OCCCF)c(OC)c1. The van der Waals surface area contributed by atoms with Crippen LogP contribution in [0, 0.1) is 0 Å². The summed E-state index contributed by atoms with van der Waals surface area (Å²) < 4.78 is 22.7. The molecule has 0 unspecified atom stereocenters. The Balaban J connectivity index is 2.58. The zero-order valence-electron chi connectivity index (χ0n) is 11.2. The van der Waals surface area contributed by atoms with Crippen LogP contribution in [0.25, 0.3) is 0 Å². The van der Waals surface area contributed by atoms with Gasteiger partial charge in [-0.2, -0.15) is 0 Å². The summed E-state index contributed by atoms with van der Waals surface area (Å²) in [6, 6.07) is 5.82. The second-order valence-corrected chi connectivity index (χ2v) is 4.05. The highest BCUT2D eigenvalue weighted by atomic mass is 19.1. The van der Waals surface area contributed by atoms with Gasteiger partial charge in [0.15, 0.2) is 11.5 Å². The largest absolute Gasteiger partial charge is 0.493 e. The molecule has 18 heavy (non-hydrogen) atoms. The van der Waals surface area contributed by atoms with Crippen molar-refractivity contribution in [1.29, 1.82) is 0 Å². The fraction of sp³-hybridized carbons (Fsp3) is 0.571. The van der Waals surface area contributed by atoms with Crippen molar-refractivity contribution >= 4 is 0 Å². The van der Waals surface area contributed by atoms with Crippen molar-refractivity contribution in [3.8, 4) is 11.5 Å². The Labute approximate surface area is 108 Å². The van der Waals surface area contributed by atoms with E-state index in [4.69, 9.17) is 9.47 Å². The van der Waals surface area contributed by atoms with Gasteiger partial charge in [0.2, 0.25) is 0 Å². The first-order valence-electron chi connectivity index (χ1n) is 6.38. The molecule has 0 fully saturated rings. The van der Waals surface area contributed by atoms with Crippen molar-refractivity contribution in [1.82, 2.24) is 5.32 Å². The van der Waals surface area contributed by atoms with Crippen LogP contribution in [0.15, 0.2) is 18.2 Å². The van der Waals surface area contributed by atoms with E-state index in [1.807, 2.05) is 18.2 Å². The van der Waals surface area contributed by atoms with Crippen molar-refractivity contribution in [3.05, 3.63) is 23.8 Å². The fourth-order valence-corrected chi connectivity index (χ4v) is 1.59. The van der Waals surface area contributed by atoms with Gasteiger partial charge >= 0.3 is 0 Å². The lowest BCUT2D eigenvalue weighted by atomic mass is 10.2. The standard InChI is InChI=1S/C14H22FNO2/c1-3-8-16-11-12-5-6-13(14(10-12)17-2)18-9-4-7-15/h5-6,10,16H,3-4,7-9,11H2,1-2H3. The number of halogens is 1. The minimum Gasteiger partial charge on any atom is -0.493 e.